The van der Waals surface area contributed by atoms with E-state index >= 15 is 0 Å². The summed E-state index contributed by atoms with van der Waals surface area (Å²) < 4.78 is 13.6. The third-order valence-electron chi connectivity index (χ3n) is 4.62. The lowest BCUT2D eigenvalue weighted by atomic mass is 10.1. The van der Waals surface area contributed by atoms with Gasteiger partial charge in [-0.25, -0.2) is 14.4 Å². The van der Waals surface area contributed by atoms with Crippen LogP contribution in [0.25, 0.3) is 0 Å². The lowest BCUT2D eigenvalue weighted by molar-refractivity contribution is 0.0637. The monoisotopic (exact) mass is 357 g/mol. The first kappa shape index (κ1) is 18.3. The Balaban J connectivity index is 1.56. The predicted molar refractivity (Wildman–Crippen MR) is 98.6 cm³/mol. The van der Waals surface area contributed by atoms with Gasteiger partial charge in [0, 0.05) is 38.9 Å². The number of nitrogens with one attached hydrogen (secondary N) is 1. The molecule has 1 aromatic heterocycles. The molecule has 138 valence electrons. The molecular weight excluding hydrogens is 333 g/mol. The van der Waals surface area contributed by atoms with Gasteiger partial charge in [-0.2, -0.15) is 0 Å². The fourth-order valence-corrected chi connectivity index (χ4v) is 3.00. The third-order valence-corrected chi connectivity index (χ3v) is 4.62. The molecule has 6 nitrogen and oxygen atoms in total. The number of hydrogen-bond acceptors (Lipinski definition) is 5. The van der Waals surface area contributed by atoms with Crippen LogP contribution < -0.4 is 5.32 Å². The Hall–Kier alpha value is -2.54. The molecule has 1 aliphatic heterocycles. The Morgan fingerprint density at radius 2 is 1.96 bits per heavy atom. The molecule has 0 bridgehead atoms. The highest BCUT2D eigenvalue weighted by Gasteiger charge is 2.22. The smallest absolute Gasteiger partial charge is 0.272 e. The number of nitrogens with zero attached hydrogens (tertiary/aromatic N) is 4. The highest BCUT2D eigenvalue weighted by molar-refractivity contribution is 5.92. The van der Waals surface area contributed by atoms with Gasteiger partial charge in [-0.1, -0.05) is 25.1 Å². The summed E-state index contributed by atoms with van der Waals surface area (Å²) in [4.78, 5) is 25.2. The maximum absolute atomic E-state index is 13.6. The summed E-state index contributed by atoms with van der Waals surface area (Å²) in [5.41, 5.74) is 1.03. The lowest BCUT2D eigenvalue weighted by Crippen LogP contribution is -2.48. The summed E-state index contributed by atoms with van der Waals surface area (Å²) >= 11 is 0. The Kier molecular flexibility index (Phi) is 6.12. The van der Waals surface area contributed by atoms with Crippen molar-refractivity contribution in [3.63, 3.8) is 0 Å². The number of amides is 1. The molecule has 2 heterocycles. The van der Waals surface area contributed by atoms with E-state index in [0.717, 1.165) is 19.6 Å². The van der Waals surface area contributed by atoms with Gasteiger partial charge in [0.2, 0.25) is 5.95 Å². The Morgan fingerprint density at radius 3 is 2.69 bits per heavy atom. The van der Waals surface area contributed by atoms with Crippen molar-refractivity contribution < 1.29 is 9.18 Å². The molecule has 1 saturated heterocycles. The average Bonchev–Trinajstić information content (AvgIpc) is 2.69. The number of aromatic nitrogens is 2. The van der Waals surface area contributed by atoms with Crippen LogP contribution in [-0.4, -0.2) is 64.9 Å². The maximum Gasteiger partial charge on any atom is 0.272 e. The zero-order valence-corrected chi connectivity index (χ0v) is 15.0. The normalized spacial score (nSPS) is 15.1. The quantitative estimate of drug-likeness (QED) is 0.857. The minimum Gasteiger partial charge on any atom is -0.354 e. The number of hydrogen-bond donors (Lipinski definition) is 1. The van der Waals surface area contributed by atoms with Gasteiger partial charge >= 0.3 is 0 Å². The van der Waals surface area contributed by atoms with Crippen LogP contribution in [0.5, 0.6) is 0 Å². The van der Waals surface area contributed by atoms with Gasteiger partial charge in [0.25, 0.3) is 5.91 Å². The van der Waals surface area contributed by atoms with Crippen molar-refractivity contribution in [1.29, 1.82) is 0 Å². The van der Waals surface area contributed by atoms with Crippen LogP contribution in [0.1, 0.15) is 23.0 Å². The van der Waals surface area contributed by atoms with Crippen LogP contribution >= 0.6 is 0 Å². The predicted octanol–water partition coefficient (Wildman–Crippen LogP) is 2.05. The first-order valence-electron chi connectivity index (χ1n) is 8.99. The largest absolute Gasteiger partial charge is 0.354 e. The van der Waals surface area contributed by atoms with E-state index in [-0.39, 0.29) is 11.7 Å². The number of rotatable bonds is 6. The van der Waals surface area contributed by atoms with Crippen molar-refractivity contribution in [3.05, 3.63) is 53.6 Å². The first-order chi connectivity index (χ1) is 12.7. The highest BCUT2D eigenvalue weighted by atomic mass is 19.1. The zero-order valence-electron chi connectivity index (χ0n) is 15.0. The van der Waals surface area contributed by atoms with Crippen molar-refractivity contribution in [3.8, 4) is 0 Å². The van der Waals surface area contributed by atoms with E-state index in [1.807, 2.05) is 11.0 Å². The lowest BCUT2D eigenvalue weighted by Gasteiger charge is -2.33. The summed E-state index contributed by atoms with van der Waals surface area (Å²) in [6, 6.07) is 8.32. The van der Waals surface area contributed by atoms with Crippen LogP contribution in [0.4, 0.5) is 10.3 Å². The standard InChI is InChI=1S/C19H24FN5O/c1-2-24-11-13-25(14-12-24)18(26)17-8-10-22-19(23-17)21-9-7-15-5-3-4-6-16(15)20/h3-6,8,10H,2,7,9,11-14H2,1H3,(H,21,22,23). The van der Waals surface area contributed by atoms with E-state index in [9.17, 15) is 9.18 Å². The number of carbonyl (C=O) groups is 1. The molecule has 3 rings (SSSR count). The summed E-state index contributed by atoms with van der Waals surface area (Å²) in [6.07, 6.45) is 2.10. The molecule has 1 N–H and O–H groups in total. The maximum atomic E-state index is 13.6. The fraction of sp³-hybridized carbons (Fsp3) is 0.421. The van der Waals surface area contributed by atoms with Gasteiger partial charge in [-0.05, 0) is 30.7 Å². The van der Waals surface area contributed by atoms with Gasteiger partial charge in [-0.15, -0.1) is 0 Å². The topological polar surface area (TPSA) is 61.4 Å². The second kappa shape index (κ2) is 8.71. The van der Waals surface area contributed by atoms with Gasteiger partial charge in [0.1, 0.15) is 11.5 Å². The van der Waals surface area contributed by atoms with E-state index in [1.165, 1.54) is 6.07 Å². The minimum atomic E-state index is -0.217. The van der Waals surface area contributed by atoms with Gasteiger partial charge in [0.05, 0.1) is 0 Å². The number of halogens is 1. The number of likely N-dealkylation sites (N-methyl/N-ethyl adjacent to an activating group) is 1. The molecule has 0 spiro atoms. The van der Waals surface area contributed by atoms with Gasteiger partial charge in [0.15, 0.2) is 0 Å². The molecule has 1 amide bonds. The van der Waals surface area contributed by atoms with Crippen molar-refractivity contribution in [1.82, 2.24) is 19.8 Å². The second-order valence-electron chi connectivity index (χ2n) is 6.26. The zero-order chi connectivity index (χ0) is 18.4. The third kappa shape index (κ3) is 4.54. The van der Waals surface area contributed by atoms with E-state index in [4.69, 9.17) is 0 Å². The molecule has 0 saturated carbocycles. The number of benzene rings is 1. The summed E-state index contributed by atoms with van der Waals surface area (Å²) in [5.74, 6) is 0.102. The number of piperazine rings is 1. The van der Waals surface area contributed by atoms with E-state index < -0.39 is 0 Å². The second-order valence-corrected chi connectivity index (χ2v) is 6.26. The molecule has 1 fully saturated rings. The van der Waals surface area contributed by atoms with Crippen LogP contribution in [0.2, 0.25) is 0 Å². The molecule has 1 aliphatic rings. The van der Waals surface area contributed by atoms with Crippen molar-refractivity contribution in [2.75, 3.05) is 44.6 Å². The van der Waals surface area contributed by atoms with Crippen LogP contribution in [-0.2, 0) is 6.42 Å². The van der Waals surface area contributed by atoms with Crippen LogP contribution in [0, 0.1) is 5.82 Å². The summed E-state index contributed by atoms with van der Waals surface area (Å²) in [6.45, 7) is 6.84. The molecule has 0 aliphatic carbocycles. The van der Waals surface area contributed by atoms with Crippen LogP contribution in [0.15, 0.2) is 36.5 Å². The minimum absolute atomic E-state index is 0.0692. The molecule has 7 heteroatoms. The van der Waals surface area contributed by atoms with Crippen molar-refractivity contribution in [2.24, 2.45) is 0 Å². The van der Waals surface area contributed by atoms with Crippen molar-refractivity contribution in [2.45, 2.75) is 13.3 Å². The van der Waals surface area contributed by atoms with E-state index in [0.29, 0.717) is 43.3 Å². The van der Waals surface area contributed by atoms with Gasteiger partial charge in [-0.3, -0.25) is 4.79 Å². The summed E-state index contributed by atoms with van der Waals surface area (Å²) in [7, 11) is 0. The Labute approximate surface area is 153 Å². The molecule has 0 atom stereocenters. The summed E-state index contributed by atoms with van der Waals surface area (Å²) in [5, 5.41) is 3.07. The fourth-order valence-electron chi connectivity index (χ4n) is 3.00. The van der Waals surface area contributed by atoms with E-state index in [2.05, 4.69) is 27.1 Å². The SMILES string of the molecule is CCN1CCN(C(=O)c2ccnc(NCCc3ccccc3F)n2)CC1. The molecule has 0 unspecified atom stereocenters. The van der Waals surface area contributed by atoms with Crippen molar-refractivity contribution >= 4 is 11.9 Å². The average molecular weight is 357 g/mol. The molecule has 1 aromatic carbocycles. The highest BCUT2D eigenvalue weighted by Crippen LogP contribution is 2.10. The molecule has 2 aromatic rings. The first-order valence-corrected chi connectivity index (χ1v) is 8.99. The molecule has 26 heavy (non-hydrogen) atoms. The number of anilines is 1. The molecule has 0 radical (unpaired) electrons. The van der Waals surface area contributed by atoms with E-state index in [1.54, 1.807) is 24.4 Å². The Bertz CT molecular complexity index is 746. The van der Waals surface area contributed by atoms with Gasteiger partial charge < -0.3 is 15.1 Å². The van der Waals surface area contributed by atoms with Crippen LogP contribution in [0.3, 0.4) is 0 Å². The molecular formula is C19H24FN5O. The number of carbonyl (C=O) groups excluding carboxylic acids is 1. The Morgan fingerprint density at radius 1 is 1.19 bits per heavy atom.